The number of thiol groups is 1. The molecule has 0 spiro atoms. The predicted molar refractivity (Wildman–Crippen MR) is 90.5 cm³/mol. The van der Waals surface area contributed by atoms with E-state index in [4.69, 9.17) is 10.5 Å². The van der Waals surface area contributed by atoms with Gasteiger partial charge in [-0.05, 0) is 24.3 Å². The van der Waals surface area contributed by atoms with E-state index in [0.29, 0.717) is 12.3 Å². The van der Waals surface area contributed by atoms with Crippen molar-refractivity contribution in [3.63, 3.8) is 0 Å². The highest BCUT2D eigenvalue weighted by Gasteiger charge is 2.05. The van der Waals surface area contributed by atoms with E-state index in [1.807, 2.05) is 54.6 Å². The lowest BCUT2D eigenvalue weighted by molar-refractivity contribution is 0.484. The third-order valence-electron chi connectivity index (χ3n) is 2.65. The Kier molecular flexibility index (Phi) is 7.30. The molecule has 20 heavy (non-hydrogen) atoms. The largest absolute Gasteiger partial charge is 0.455 e. The van der Waals surface area contributed by atoms with E-state index in [2.05, 4.69) is 17.9 Å². The summed E-state index contributed by atoms with van der Waals surface area (Å²) in [5, 5.41) is 3.29. The first-order valence-corrected chi connectivity index (χ1v) is 6.85. The lowest BCUT2D eigenvalue weighted by Crippen LogP contribution is -2.30. The quantitative estimate of drug-likeness (QED) is 0.715. The van der Waals surface area contributed by atoms with E-state index in [1.165, 1.54) is 0 Å². The van der Waals surface area contributed by atoms with Crippen molar-refractivity contribution in [3.8, 4) is 11.5 Å². The first-order valence-electron chi connectivity index (χ1n) is 6.22. The molecule has 2 aromatic carbocycles. The van der Waals surface area contributed by atoms with Crippen LogP contribution in [-0.4, -0.2) is 18.3 Å². The van der Waals surface area contributed by atoms with Gasteiger partial charge in [-0.25, -0.2) is 0 Å². The van der Waals surface area contributed by atoms with Crippen molar-refractivity contribution in [1.82, 2.24) is 0 Å². The summed E-state index contributed by atoms with van der Waals surface area (Å²) in [4.78, 5) is 0. The Morgan fingerprint density at radius 1 is 1.05 bits per heavy atom. The number of benzene rings is 2. The average Bonchev–Trinajstić information content (AvgIpc) is 2.47. The van der Waals surface area contributed by atoms with E-state index in [0.717, 1.165) is 17.2 Å². The number of halogens is 1. The summed E-state index contributed by atoms with van der Waals surface area (Å²) < 4.78 is 5.85. The van der Waals surface area contributed by atoms with E-state index in [9.17, 15) is 0 Å². The number of anilines is 1. The molecule has 108 valence electrons. The van der Waals surface area contributed by atoms with Crippen LogP contribution in [0.5, 0.6) is 11.5 Å². The molecule has 0 amide bonds. The van der Waals surface area contributed by atoms with Crippen LogP contribution < -0.4 is 15.8 Å². The molecule has 0 aliphatic rings. The standard InChI is InChI=1S/C15H18N2OS.ClH/c16-12(11-19)10-17-14-8-4-5-9-15(14)18-13-6-2-1-3-7-13;/h1-9,12,17,19H,10-11,16H2;1H/t12-;/m1./s1. The number of para-hydroxylation sites is 3. The van der Waals surface area contributed by atoms with Gasteiger partial charge in [-0.3, -0.25) is 0 Å². The van der Waals surface area contributed by atoms with E-state index >= 15 is 0 Å². The Bertz CT molecular complexity index is 510. The van der Waals surface area contributed by atoms with Crippen LogP contribution in [0.25, 0.3) is 0 Å². The first-order chi connectivity index (χ1) is 9.29. The highest BCUT2D eigenvalue weighted by Crippen LogP contribution is 2.28. The van der Waals surface area contributed by atoms with Gasteiger partial charge in [-0.15, -0.1) is 12.4 Å². The third kappa shape index (κ3) is 4.96. The zero-order valence-electron chi connectivity index (χ0n) is 11.0. The zero-order valence-corrected chi connectivity index (χ0v) is 12.7. The van der Waals surface area contributed by atoms with Crippen molar-refractivity contribution in [3.05, 3.63) is 54.6 Å². The van der Waals surface area contributed by atoms with Gasteiger partial charge in [-0.2, -0.15) is 12.6 Å². The molecule has 0 bridgehead atoms. The molecular formula is C15H19ClN2OS. The second-order valence-electron chi connectivity index (χ2n) is 4.23. The molecule has 0 saturated carbocycles. The summed E-state index contributed by atoms with van der Waals surface area (Å²) in [6.07, 6.45) is 0. The van der Waals surface area contributed by atoms with Crippen LogP contribution in [0.1, 0.15) is 0 Å². The highest BCUT2D eigenvalue weighted by molar-refractivity contribution is 7.80. The minimum atomic E-state index is 0. The van der Waals surface area contributed by atoms with Crippen LogP contribution in [0.15, 0.2) is 54.6 Å². The van der Waals surface area contributed by atoms with Gasteiger partial charge >= 0.3 is 0 Å². The van der Waals surface area contributed by atoms with Gasteiger partial charge in [0.15, 0.2) is 5.75 Å². The molecule has 0 aromatic heterocycles. The highest BCUT2D eigenvalue weighted by atomic mass is 35.5. The fraction of sp³-hybridized carbons (Fsp3) is 0.200. The second kappa shape index (κ2) is 8.74. The molecule has 1 atom stereocenters. The number of ether oxygens (including phenoxy) is 1. The fourth-order valence-electron chi connectivity index (χ4n) is 1.62. The predicted octanol–water partition coefficient (Wildman–Crippen LogP) is 3.57. The normalized spacial score (nSPS) is 11.3. The Labute approximate surface area is 131 Å². The summed E-state index contributed by atoms with van der Waals surface area (Å²) >= 11 is 4.17. The molecular weight excluding hydrogens is 292 g/mol. The Morgan fingerprint density at radius 3 is 2.40 bits per heavy atom. The van der Waals surface area contributed by atoms with Crippen molar-refractivity contribution in [2.24, 2.45) is 5.73 Å². The molecule has 5 heteroatoms. The molecule has 0 heterocycles. The summed E-state index contributed by atoms with van der Waals surface area (Å²) in [7, 11) is 0. The smallest absolute Gasteiger partial charge is 0.150 e. The molecule has 2 rings (SSSR count). The maximum absolute atomic E-state index is 5.85. The van der Waals surface area contributed by atoms with Crippen LogP contribution >= 0.6 is 25.0 Å². The van der Waals surface area contributed by atoms with Gasteiger partial charge in [0, 0.05) is 18.3 Å². The number of nitrogens with one attached hydrogen (secondary N) is 1. The fourth-order valence-corrected chi connectivity index (χ4v) is 1.75. The zero-order chi connectivity index (χ0) is 13.5. The van der Waals surface area contributed by atoms with Gasteiger partial charge in [0.25, 0.3) is 0 Å². The van der Waals surface area contributed by atoms with Gasteiger partial charge in [-0.1, -0.05) is 30.3 Å². The third-order valence-corrected chi connectivity index (χ3v) is 3.12. The molecule has 3 nitrogen and oxygen atoms in total. The lowest BCUT2D eigenvalue weighted by Gasteiger charge is -2.15. The van der Waals surface area contributed by atoms with Crippen LogP contribution in [0.2, 0.25) is 0 Å². The molecule has 0 aliphatic carbocycles. The summed E-state index contributed by atoms with van der Waals surface area (Å²) in [6, 6.07) is 17.5. The molecule has 0 aliphatic heterocycles. The van der Waals surface area contributed by atoms with Crippen LogP contribution in [0.4, 0.5) is 5.69 Å². The van der Waals surface area contributed by atoms with Crippen LogP contribution in [0, 0.1) is 0 Å². The van der Waals surface area contributed by atoms with Crippen molar-refractivity contribution >= 4 is 30.7 Å². The van der Waals surface area contributed by atoms with Gasteiger partial charge in [0.2, 0.25) is 0 Å². The van der Waals surface area contributed by atoms with Crippen molar-refractivity contribution < 1.29 is 4.74 Å². The first kappa shape index (κ1) is 16.7. The summed E-state index contributed by atoms with van der Waals surface area (Å²) in [6.45, 7) is 0.665. The van der Waals surface area contributed by atoms with Crippen LogP contribution in [-0.2, 0) is 0 Å². The van der Waals surface area contributed by atoms with Gasteiger partial charge in [0.05, 0.1) is 5.69 Å². The second-order valence-corrected chi connectivity index (χ2v) is 4.60. The van der Waals surface area contributed by atoms with Gasteiger partial charge in [0.1, 0.15) is 5.75 Å². The number of hydrogen-bond acceptors (Lipinski definition) is 4. The Balaban J connectivity index is 0.00000200. The Morgan fingerprint density at radius 2 is 1.70 bits per heavy atom. The summed E-state index contributed by atoms with van der Waals surface area (Å²) in [5.74, 6) is 2.25. The molecule has 0 fully saturated rings. The molecule has 3 N–H and O–H groups in total. The topological polar surface area (TPSA) is 47.3 Å². The number of hydrogen-bond donors (Lipinski definition) is 3. The van der Waals surface area contributed by atoms with Gasteiger partial charge < -0.3 is 15.8 Å². The van der Waals surface area contributed by atoms with E-state index in [-0.39, 0.29) is 18.4 Å². The maximum atomic E-state index is 5.85. The number of nitrogens with two attached hydrogens (primary N) is 1. The van der Waals surface area contributed by atoms with Crippen molar-refractivity contribution in [2.75, 3.05) is 17.6 Å². The molecule has 0 saturated heterocycles. The Hall–Kier alpha value is -1.36. The van der Waals surface area contributed by atoms with Crippen molar-refractivity contribution in [1.29, 1.82) is 0 Å². The maximum Gasteiger partial charge on any atom is 0.150 e. The summed E-state index contributed by atoms with van der Waals surface area (Å²) in [5.41, 5.74) is 6.78. The average molecular weight is 311 g/mol. The van der Waals surface area contributed by atoms with E-state index < -0.39 is 0 Å². The molecule has 0 unspecified atom stereocenters. The molecule has 0 radical (unpaired) electrons. The SMILES string of the molecule is Cl.N[C@@H](CS)CNc1ccccc1Oc1ccccc1. The van der Waals surface area contributed by atoms with Crippen molar-refractivity contribution in [2.45, 2.75) is 6.04 Å². The lowest BCUT2D eigenvalue weighted by atomic mass is 10.2. The number of rotatable bonds is 6. The minimum Gasteiger partial charge on any atom is -0.455 e. The van der Waals surface area contributed by atoms with E-state index in [1.54, 1.807) is 0 Å². The molecule has 2 aromatic rings. The monoisotopic (exact) mass is 310 g/mol. The minimum absolute atomic E-state index is 0. The van der Waals surface area contributed by atoms with Crippen LogP contribution in [0.3, 0.4) is 0 Å².